The molecule has 0 fully saturated rings. The van der Waals surface area contributed by atoms with Crippen molar-refractivity contribution in [3.8, 4) is 10.6 Å². The summed E-state index contributed by atoms with van der Waals surface area (Å²) >= 11 is 1.50. The molecule has 0 unspecified atom stereocenters. The maximum absolute atomic E-state index is 13.6. The van der Waals surface area contributed by atoms with Gasteiger partial charge in [0.15, 0.2) is 0 Å². The Hall–Kier alpha value is -1.26. The van der Waals surface area contributed by atoms with Gasteiger partial charge in [-0.25, -0.2) is 9.37 Å². The molecule has 0 bridgehead atoms. The SMILES string of the molecule is Cc1nc(-c2ccccc2F)sc1CCCO. The third-order valence-corrected chi connectivity index (χ3v) is 3.81. The van der Waals surface area contributed by atoms with Crippen LogP contribution in [0.15, 0.2) is 24.3 Å². The van der Waals surface area contributed by atoms with Crippen LogP contribution in [-0.4, -0.2) is 16.7 Å². The van der Waals surface area contributed by atoms with Gasteiger partial charge in [-0.15, -0.1) is 11.3 Å². The van der Waals surface area contributed by atoms with Crippen LogP contribution < -0.4 is 0 Å². The van der Waals surface area contributed by atoms with Crippen molar-refractivity contribution in [3.05, 3.63) is 40.7 Å². The Balaban J connectivity index is 2.31. The molecule has 0 spiro atoms. The molecule has 0 aliphatic carbocycles. The van der Waals surface area contributed by atoms with E-state index < -0.39 is 0 Å². The van der Waals surface area contributed by atoms with Crippen LogP contribution in [0.25, 0.3) is 10.6 Å². The Bertz CT molecular complexity index is 510. The number of hydrogen-bond donors (Lipinski definition) is 1. The molecule has 0 aliphatic rings. The molecule has 0 aliphatic heterocycles. The smallest absolute Gasteiger partial charge is 0.133 e. The Morgan fingerprint density at radius 3 is 2.82 bits per heavy atom. The Labute approximate surface area is 104 Å². The van der Waals surface area contributed by atoms with E-state index >= 15 is 0 Å². The van der Waals surface area contributed by atoms with Gasteiger partial charge >= 0.3 is 0 Å². The van der Waals surface area contributed by atoms with Crippen molar-refractivity contribution in [1.82, 2.24) is 4.98 Å². The molecule has 0 saturated heterocycles. The van der Waals surface area contributed by atoms with E-state index in [1.165, 1.54) is 17.4 Å². The second-order valence-corrected chi connectivity index (χ2v) is 4.92. The van der Waals surface area contributed by atoms with Crippen molar-refractivity contribution in [1.29, 1.82) is 0 Å². The lowest BCUT2D eigenvalue weighted by Crippen LogP contribution is -1.88. The first kappa shape index (κ1) is 12.2. The highest BCUT2D eigenvalue weighted by Gasteiger charge is 2.11. The number of thiazole rings is 1. The fourth-order valence-electron chi connectivity index (χ4n) is 1.65. The third kappa shape index (κ3) is 2.70. The van der Waals surface area contributed by atoms with Crippen molar-refractivity contribution in [2.24, 2.45) is 0 Å². The molecule has 0 saturated carbocycles. The minimum atomic E-state index is -0.241. The molecular weight excluding hydrogens is 237 g/mol. The maximum atomic E-state index is 13.6. The lowest BCUT2D eigenvalue weighted by atomic mass is 10.2. The zero-order valence-corrected chi connectivity index (χ0v) is 10.4. The lowest BCUT2D eigenvalue weighted by Gasteiger charge is -1.96. The first-order chi connectivity index (χ1) is 8.22. The number of aromatic nitrogens is 1. The van der Waals surface area contributed by atoms with E-state index in [0.29, 0.717) is 10.6 Å². The summed E-state index contributed by atoms with van der Waals surface area (Å²) in [6.07, 6.45) is 1.52. The van der Waals surface area contributed by atoms with Crippen LogP contribution in [0.5, 0.6) is 0 Å². The minimum absolute atomic E-state index is 0.173. The summed E-state index contributed by atoms with van der Waals surface area (Å²) in [7, 11) is 0. The van der Waals surface area contributed by atoms with Gasteiger partial charge in [-0.2, -0.15) is 0 Å². The molecular formula is C13H14FNOS. The van der Waals surface area contributed by atoms with E-state index in [4.69, 9.17) is 5.11 Å². The minimum Gasteiger partial charge on any atom is -0.396 e. The quantitative estimate of drug-likeness (QED) is 0.905. The topological polar surface area (TPSA) is 33.1 Å². The molecule has 1 aromatic carbocycles. The Morgan fingerprint density at radius 1 is 1.35 bits per heavy atom. The molecule has 4 heteroatoms. The highest BCUT2D eigenvalue weighted by atomic mass is 32.1. The summed E-state index contributed by atoms with van der Waals surface area (Å²) in [5.41, 5.74) is 1.48. The van der Waals surface area contributed by atoms with E-state index in [-0.39, 0.29) is 12.4 Å². The van der Waals surface area contributed by atoms with Gasteiger partial charge in [-0.3, -0.25) is 0 Å². The van der Waals surface area contributed by atoms with Gasteiger partial charge in [0.1, 0.15) is 10.8 Å². The number of aliphatic hydroxyl groups excluding tert-OH is 1. The number of nitrogens with zero attached hydrogens (tertiary/aromatic N) is 1. The largest absolute Gasteiger partial charge is 0.396 e. The number of halogens is 1. The molecule has 0 amide bonds. The highest BCUT2D eigenvalue weighted by molar-refractivity contribution is 7.15. The van der Waals surface area contributed by atoms with Gasteiger partial charge in [0, 0.05) is 17.0 Å². The van der Waals surface area contributed by atoms with Crippen molar-refractivity contribution < 1.29 is 9.50 Å². The molecule has 1 heterocycles. The number of benzene rings is 1. The van der Waals surface area contributed by atoms with Crippen molar-refractivity contribution in [2.75, 3.05) is 6.61 Å². The van der Waals surface area contributed by atoms with E-state index in [0.717, 1.165) is 23.4 Å². The molecule has 1 aromatic heterocycles. The Morgan fingerprint density at radius 2 is 2.12 bits per heavy atom. The first-order valence-corrected chi connectivity index (χ1v) is 6.36. The van der Waals surface area contributed by atoms with E-state index in [1.807, 2.05) is 13.0 Å². The molecule has 2 nitrogen and oxygen atoms in total. The van der Waals surface area contributed by atoms with Gasteiger partial charge in [0.25, 0.3) is 0 Å². The fourth-order valence-corrected chi connectivity index (χ4v) is 2.78. The van der Waals surface area contributed by atoms with Crippen LogP contribution in [0.1, 0.15) is 17.0 Å². The standard InChI is InChI=1S/C13H14FNOS/c1-9-12(7-4-8-16)17-13(15-9)10-5-2-3-6-11(10)14/h2-3,5-6,16H,4,7-8H2,1H3. The normalized spacial score (nSPS) is 10.8. The number of aliphatic hydroxyl groups is 1. The maximum Gasteiger partial charge on any atom is 0.133 e. The lowest BCUT2D eigenvalue weighted by molar-refractivity contribution is 0.289. The molecule has 2 aromatic rings. The summed E-state index contributed by atoms with van der Waals surface area (Å²) in [4.78, 5) is 5.51. The average molecular weight is 251 g/mol. The predicted molar refractivity (Wildman–Crippen MR) is 67.7 cm³/mol. The van der Waals surface area contributed by atoms with Crippen molar-refractivity contribution in [3.63, 3.8) is 0 Å². The Kier molecular flexibility index (Phi) is 3.86. The number of aryl methyl sites for hydroxylation is 2. The number of rotatable bonds is 4. The van der Waals surface area contributed by atoms with Gasteiger partial charge in [-0.05, 0) is 31.9 Å². The molecule has 17 heavy (non-hydrogen) atoms. The fraction of sp³-hybridized carbons (Fsp3) is 0.308. The molecule has 0 atom stereocenters. The van der Waals surface area contributed by atoms with E-state index in [1.54, 1.807) is 12.1 Å². The molecule has 1 N–H and O–H groups in total. The highest BCUT2D eigenvalue weighted by Crippen LogP contribution is 2.30. The second kappa shape index (κ2) is 5.38. The van der Waals surface area contributed by atoms with Crippen LogP contribution in [0, 0.1) is 12.7 Å². The number of hydrogen-bond acceptors (Lipinski definition) is 3. The predicted octanol–water partition coefficient (Wildman–Crippen LogP) is 3.18. The van der Waals surface area contributed by atoms with Gasteiger partial charge in [0.2, 0.25) is 0 Å². The van der Waals surface area contributed by atoms with Gasteiger partial charge < -0.3 is 5.11 Å². The summed E-state index contributed by atoms with van der Waals surface area (Å²) in [6.45, 7) is 2.10. The third-order valence-electron chi connectivity index (χ3n) is 2.56. The van der Waals surface area contributed by atoms with Gasteiger partial charge in [-0.1, -0.05) is 12.1 Å². The monoisotopic (exact) mass is 251 g/mol. The van der Waals surface area contributed by atoms with E-state index in [9.17, 15) is 4.39 Å². The molecule has 90 valence electrons. The van der Waals surface area contributed by atoms with Crippen molar-refractivity contribution in [2.45, 2.75) is 19.8 Å². The van der Waals surface area contributed by atoms with Crippen LogP contribution in [0.3, 0.4) is 0 Å². The van der Waals surface area contributed by atoms with Crippen molar-refractivity contribution >= 4 is 11.3 Å². The van der Waals surface area contributed by atoms with Crippen LogP contribution in [0.4, 0.5) is 4.39 Å². The van der Waals surface area contributed by atoms with Crippen LogP contribution in [-0.2, 0) is 6.42 Å². The van der Waals surface area contributed by atoms with Gasteiger partial charge in [0.05, 0.1) is 5.69 Å². The summed E-state index contributed by atoms with van der Waals surface area (Å²) < 4.78 is 13.6. The zero-order chi connectivity index (χ0) is 12.3. The zero-order valence-electron chi connectivity index (χ0n) is 9.61. The summed E-state index contributed by atoms with van der Waals surface area (Å²) in [5.74, 6) is -0.241. The molecule has 0 radical (unpaired) electrons. The average Bonchev–Trinajstić information content (AvgIpc) is 2.68. The van der Waals surface area contributed by atoms with Crippen LogP contribution >= 0.6 is 11.3 Å². The van der Waals surface area contributed by atoms with E-state index in [2.05, 4.69) is 4.98 Å². The second-order valence-electron chi connectivity index (χ2n) is 3.83. The van der Waals surface area contributed by atoms with Crippen LogP contribution in [0.2, 0.25) is 0 Å². The summed E-state index contributed by atoms with van der Waals surface area (Å²) in [5, 5.41) is 9.53. The first-order valence-electron chi connectivity index (χ1n) is 5.54. The molecule has 2 rings (SSSR count). The summed E-state index contributed by atoms with van der Waals surface area (Å²) in [6, 6.07) is 6.66.